The van der Waals surface area contributed by atoms with E-state index >= 15 is 0 Å². The molecular formula is C35H42N6O7. The Hall–Kier alpha value is -5.07. The summed E-state index contributed by atoms with van der Waals surface area (Å²) in [7, 11) is 0. The minimum Gasteiger partial charge on any atom is -0.481 e. The number of carbonyl (C=O) groups is 5. The molecule has 13 nitrogen and oxygen atoms in total. The van der Waals surface area contributed by atoms with Crippen LogP contribution in [0.15, 0.2) is 61.1 Å². The number of carboxylic acids is 1. The lowest BCUT2D eigenvalue weighted by molar-refractivity contribution is -0.142. The number of nitrogens with one attached hydrogen (secondary N) is 3. The number of hydrogen-bond acceptors (Lipinski definition) is 8. The molecule has 13 heteroatoms. The number of hydrogen-bond donors (Lipinski definition) is 4. The number of benzene rings is 2. The highest BCUT2D eigenvalue weighted by Crippen LogP contribution is 2.29. The quantitative estimate of drug-likeness (QED) is 0.268. The van der Waals surface area contributed by atoms with E-state index in [2.05, 4.69) is 25.9 Å². The molecule has 1 aliphatic heterocycles. The predicted octanol–water partition coefficient (Wildman–Crippen LogP) is 3.54. The second-order valence-electron chi connectivity index (χ2n) is 13.6. The van der Waals surface area contributed by atoms with Crippen molar-refractivity contribution in [1.29, 1.82) is 0 Å². The van der Waals surface area contributed by atoms with Crippen LogP contribution in [0.4, 0.5) is 4.79 Å². The van der Waals surface area contributed by atoms with Crippen molar-refractivity contribution in [2.45, 2.75) is 71.0 Å². The van der Waals surface area contributed by atoms with Crippen LogP contribution in [-0.4, -0.2) is 81.0 Å². The Morgan fingerprint density at radius 1 is 0.917 bits per heavy atom. The van der Waals surface area contributed by atoms with Crippen molar-refractivity contribution < 1.29 is 33.8 Å². The summed E-state index contributed by atoms with van der Waals surface area (Å²) in [6, 6.07) is 9.79. The van der Waals surface area contributed by atoms with Crippen molar-refractivity contribution >= 4 is 40.6 Å². The van der Waals surface area contributed by atoms with Crippen LogP contribution in [0.5, 0.6) is 5.75 Å². The van der Waals surface area contributed by atoms with E-state index in [0.29, 0.717) is 5.75 Å². The van der Waals surface area contributed by atoms with Crippen molar-refractivity contribution in [3.05, 3.63) is 66.7 Å². The third kappa shape index (κ3) is 8.07. The standard InChI is InChI=1S/C35H42N6O7/c1-35(2,3)29(40-31(43)28(22-11-5-4-6-12-22)39-30(42)25-18-36-16-17-37-25)32(44)38-26-20-41(19-24(26)33(45)46)34(47)48-27-15-9-13-21-10-7-8-14-23(21)27/h7-10,13-18,22,24,26,28-29H,4-6,11-12,19-20H2,1-3H3,(H,38,44)(H,39,42)(H,40,43)(H,45,46)/t24-,26+,28+,29-/m1/s1. The fourth-order valence-corrected chi connectivity index (χ4v) is 6.46. The molecule has 0 unspecified atom stereocenters. The summed E-state index contributed by atoms with van der Waals surface area (Å²) < 4.78 is 5.68. The van der Waals surface area contributed by atoms with Gasteiger partial charge in [-0.15, -0.1) is 0 Å². The van der Waals surface area contributed by atoms with Crippen LogP contribution in [0.3, 0.4) is 0 Å². The van der Waals surface area contributed by atoms with E-state index in [1.54, 1.807) is 32.9 Å². The summed E-state index contributed by atoms with van der Waals surface area (Å²) in [5.41, 5.74) is -0.725. The lowest BCUT2D eigenvalue weighted by atomic mass is 9.82. The molecule has 0 spiro atoms. The van der Waals surface area contributed by atoms with E-state index in [4.69, 9.17) is 4.74 Å². The van der Waals surface area contributed by atoms with Gasteiger partial charge in [0, 0.05) is 30.9 Å². The molecule has 2 aliphatic rings. The maximum atomic E-state index is 13.9. The Kier molecular flexibility index (Phi) is 10.6. The summed E-state index contributed by atoms with van der Waals surface area (Å²) in [6.07, 6.45) is 7.75. The molecule has 254 valence electrons. The number of likely N-dealkylation sites (tertiary alicyclic amines) is 1. The average Bonchev–Trinajstić information content (AvgIpc) is 3.50. The van der Waals surface area contributed by atoms with E-state index in [9.17, 15) is 29.1 Å². The number of rotatable bonds is 9. The van der Waals surface area contributed by atoms with Gasteiger partial charge in [0.05, 0.1) is 18.2 Å². The fraction of sp³-hybridized carbons (Fsp3) is 0.457. The zero-order valence-corrected chi connectivity index (χ0v) is 27.3. The molecule has 3 aromatic rings. The number of carboxylic acid groups (broad SMARTS) is 1. The van der Waals surface area contributed by atoms with Gasteiger partial charge in [0.1, 0.15) is 23.5 Å². The first-order valence-electron chi connectivity index (χ1n) is 16.3. The molecule has 1 saturated heterocycles. The Morgan fingerprint density at radius 3 is 2.33 bits per heavy atom. The number of nitrogens with zero attached hydrogens (tertiary/aromatic N) is 3. The van der Waals surface area contributed by atoms with Crippen LogP contribution in [0.1, 0.15) is 63.4 Å². The maximum Gasteiger partial charge on any atom is 0.415 e. The largest absolute Gasteiger partial charge is 0.481 e. The SMILES string of the molecule is CC(C)(C)[C@H](NC(=O)[C@@H](NC(=O)c1cnccn1)C1CCCCC1)C(=O)N[C@H]1CN(C(=O)Oc2cccc3ccccc23)C[C@H]1C(=O)O. The molecular weight excluding hydrogens is 616 g/mol. The van der Waals surface area contributed by atoms with Crippen molar-refractivity contribution in [2.24, 2.45) is 17.3 Å². The van der Waals surface area contributed by atoms with E-state index < -0.39 is 59.2 Å². The Balaban J connectivity index is 1.29. The zero-order valence-electron chi connectivity index (χ0n) is 27.3. The molecule has 5 rings (SSSR count). The number of amides is 4. The first kappa shape index (κ1) is 34.3. The molecule has 0 radical (unpaired) electrons. The topological polar surface area (TPSA) is 180 Å². The zero-order chi connectivity index (χ0) is 34.4. The first-order chi connectivity index (χ1) is 22.9. The molecule has 1 saturated carbocycles. The normalized spacial score (nSPS) is 19.6. The van der Waals surface area contributed by atoms with Gasteiger partial charge < -0.3 is 30.7 Å². The highest BCUT2D eigenvalue weighted by Gasteiger charge is 2.44. The first-order valence-corrected chi connectivity index (χ1v) is 16.3. The number of aromatic nitrogens is 2. The Bertz CT molecular complexity index is 1650. The van der Waals surface area contributed by atoms with E-state index in [0.717, 1.165) is 42.9 Å². The van der Waals surface area contributed by atoms with Crippen molar-refractivity contribution in [3.8, 4) is 5.75 Å². The molecule has 48 heavy (non-hydrogen) atoms. The van der Waals surface area contributed by atoms with Gasteiger partial charge in [0.2, 0.25) is 11.8 Å². The summed E-state index contributed by atoms with van der Waals surface area (Å²) >= 11 is 0. The monoisotopic (exact) mass is 658 g/mol. The van der Waals surface area contributed by atoms with Gasteiger partial charge in [0.25, 0.3) is 5.91 Å². The van der Waals surface area contributed by atoms with Gasteiger partial charge >= 0.3 is 12.1 Å². The van der Waals surface area contributed by atoms with Crippen LogP contribution in [-0.2, 0) is 14.4 Å². The highest BCUT2D eigenvalue weighted by atomic mass is 16.6. The Morgan fingerprint density at radius 2 is 1.65 bits per heavy atom. The molecule has 4 N–H and O–H groups in total. The van der Waals surface area contributed by atoms with E-state index in [-0.39, 0.29) is 24.7 Å². The maximum absolute atomic E-state index is 13.9. The van der Waals surface area contributed by atoms with Crippen LogP contribution in [0.25, 0.3) is 10.8 Å². The fourth-order valence-electron chi connectivity index (χ4n) is 6.46. The molecule has 4 amide bonds. The van der Waals surface area contributed by atoms with Gasteiger partial charge in [0.15, 0.2) is 0 Å². The molecule has 2 aromatic carbocycles. The summed E-state index contributed by atoms with van der Waals surface area (Å²) in [5.74, 6) is -3.75. The highest BCUT2D eigenvalue weighted by molar-refractivity contribution is 5.97. The van der Waals surface area contributed by atoms with Crippen molar-refractivity contribution in [1.82, 2.24) is 30.8 Å². The van der Waals surface area contributed by atoms with E-state index in [1.807, 2.05) is 30.3 Å². The lowest BCUT2D eigenvalue weighted by Gasteiger charge is -2.35. The minimum atomic E-state index is -1.18. The van der Waals surface area contributed by atoms with Crippen molar-refractivity contribution in [2.75, 3.05) is 13.1 Å². The second kappa shape index (κ2) is 14.8. The number of carbonyl (C=O) groups excluding carboxylic acids is 4. The summed E-state index contributed by atoms with van der Waals surface area (Å²) in [5, 5.41) is 20.1. The second-order valence-corrected chi connectivity index (χ2v) is 13.6. The van der Waals surface area contributed by atoms with Crippen LogP contribution >= 0.6 is 0 Å². The molecule has 2 fully saturated rings. The smallest absolute Gasteiger partial charge is 0.415 e. The number of aliphatic carboxylic acids is 1. The third-order valence-corrected chi connectivity index (χ3v) is 9.07. The predicted molar refractivity (Wildman–Crippen MR) is 176 cm³/mol. The number of fused-ring (bicyclic) bond motifs is 1. The number of ether oxygens (including phenoxy) is 1. The molecule has 4 atom stereocenters. The van der Waals surface area contributed by atoms with Crippen molar-refractivity contribution in [3.63, 3.8) is 0 Å². The van der Waals surface area contributed by atoms with Crippen LogP contribution in [0.2, 0.25) is 0 Å². The summed E-state index contributed by atoms with van der Waals surface area (Å²) in [6.45, 7) is 5.07. The average molecular weight is 659 g/mol. The molecule has 2 heterocycles. The van der Waals surface area contributed by atoms with E-state index in [1.165, 1.54) is 23.5 Å². The Labute approximate surface area is 278 Å². The van der Waals surface area contributed by atoms with Gasteiger partial charge in [-0.1, -0.05) is 76.4 Å². The minimum absolute atomic E-state index is 0.0701. The van der Waals surface area contributed by atoms with Gasteiger partial charge in [-0.25, -0.2) is 9.78 Å². The van der Waals surface area contributed by atoms with Crippen LogP contribution < -0.4 is 20.7 Å². The van der Waals surface area contributed by atoms with Gasteiger partial charge in [-0.05, 0) is 35.6 Å². The van der Waals surface area contributed by atoms with Gasteiger partial charge in [-0.2, -0.15) is 0 Å². The molecule has 1 aliphatic carbocycles. The third-order valence-electron chi connectivity index (χ3n) is 9.07. The summed E-state index contributed by atoms with van der Waals surface area (Å²) in [4.78, 5) is 75.5. The van der Waals surface area contributed by atoms with Crippen LogP contribution in [0, 0.1) is 17.3 Å². The van der Waals surface area contributed by atoms with Gasteiger partial charge in [-0.3, -0.25) is 24.2 Å². The molecule has 0 bridgehead atoms. The lowest BCUT2D eigenvalue weighted by Crippen LogP contribution is -2.61. The molecule has 1 aromatic heterocycles.